The van der Waals surface area contributed by atoms with Gasteiger partial charge in [0.25, 0.3) is 11.5 Å². The number of nitrogens with zero attached hydrogens (tertiary/aromatic N) is 3. The van der Waals surface area contributed by atoms with E-state index in [0.717, 1.165) is 4.68 Å². The summed E-state index contributed by atoms with van der Waals surface area (Å²) in [5.74, 6) is -0.724. The highest BCUT2D eigenvalue weighted by molar-refractivity contribution is 5.92. The first-order chi connectivity index (χ1) is 13.3. The minimum atomic E-state index is -0.423. The lowest BCUT2D eigenvalue weighted by atomic mass is 10.0. The summed E-state index contributed by atoms with van der Waals surface area (Å²) >= 11 is 0. The molecule has 3 rings (SSSR count). The number of halogens is 1. The van der Waals surface area contributed by atoms with Gasteiger partial charge in [-0.2, -0.15) is 9.78 Å². The van der Waals surface area contributed by atoms with E-state index in [4.69, 9.17) is 0 Å². The van der Waals surface area contributed by atoms with E-state index in [2.05, 4.69) is 10.4 Å². The third kappa shape index (κ3) is 4.44. The second kappa shape index (κ2) is 8.33. The van der Waals surface area contributed by atoms with Gasteiger partial charge in [-0.15, -0.1) is 0 Å². The van der Waals surface area contributed by atoms with E-state index in [1.807, 2.05) is 18.7 Å². The minimum absolute atomic E-state index is 0.0390. The molecule has 0 saturated carbocycles. The van der Waals surface area contributed by atoms with E-state index in [1.165, 1.54) is 36.4 Å². The Balaban J connectivity index is 1.67. The first-order valence-electron chi connectivity index (χ1n) is 9.31. The maximum absolute atomic E-state index is 13.1. The second-order valence-electron chi connectivity index (χ2n) is 7.17. The molecule has 1 aliphatic rings. The Bertz CT molecular complexity index is 916. The SMILES string of the molecule is CC(C)C(=O)N1CCC(NC(=O)c2ccc(=O)n(-c3ccc(F)cc3)n2)CC1. The summed E-state index contributed by atoms with van der Waals surface area (Å²) in [6, 6.07) is 7.87. The van der Waals surface area contributed by atoms with Crippen LogP contribution in [0.1, 0.15) is 37.2 Å². The average molecular weight is 386 g/mol. The van der Waals surface area contributed by atoms with Gasteiger partial charge in [0.1, 0.15) is 11.5 Å². The molecular weight excluding hydrogens is 363 g/mol. The highest BCUT2D eigenvalue weighted by Crippen LogP contribution is 2.14. The molecule has 1 aromatic carbocycles. The molecule has 0 radical (unpaired) electrons. The van der Waals surface area contributed by atoms with Crippen LogP contribution in [-0.4, -0.2) is 45.6 Å². The maximum atomic E-state index is 13.1. The summed E-state index contributed by atoms with van der Waals surface area (Å²) in [5, 5.41) is 7.03. The van der Waals surface area contributed by atoms with Crippen LogP contribution in [0.4, 0.5) is 4.39 Å². The molecule has 28 heavy (non-hydrogen) atoms. The van der Waals surface area contributed by atoms with Crippen molar-refractivity contribution >= 4 is 11.8 Å². The normalized spacial score (nSPS) is 14.9. The molecule has 0 unspecified atom stereocenters. The number of likely N-dealkylation sites (tertiary alicyclic amines) is 1. The van der Waals surface area contributed by atoms with Gasteiger partial charge in [-0.3, -0.25) is 14.4 Å². The van der Waals surface area contributed by atoms with Crippen molar-refractivity contribution in [3.05, 3.63) is 58.3 Å². The van der Waals surface area contributed by atoms with Gasteiger partial charge in [0.15, 0.2) is 0 Å². The molecule has 2 heterocycles. The number of hydrogen-bond donors (Lipinski definition) is 1. The van der Waals surface area contributed by atoms with Gasteiger partial charge in [-0.1, -0.05) is 13.8 Å². The van der Waals surface area contributed by atoms with Crippen LogP contribution >= 0.6 is 0 Å². The lowest BCUT2D eigenvalue weighted by molar-refractivity contribution is -0.135. The number of aromatic nitrogens is 2. The Labute approximate surface area is 162 Å². The molecular formula is C20H23FN4O3. The monoisotopic (exact) mass is 386 g/mol. The molecule has 148 valence electrons. The molecule has 1 N–H and O–H groups in total. The van der Waals surface area contributed by atoms with Crippen molar-refractivity contribution < 1.29 is 14.0 Å². The Morgan fingerprint density at radius 3 is 2.36 bits per heavy atom. The van der Waals surface area contributed by atoms with Gasteiger partial charge >= 0.3 is 0 Å². The fourth-order valence-electron chi connectivity index (χ4n) is 3.17. The third-order valence-corrected chi connectivity index (χ3v) is 4.74. The van der Waals surface area contributed by atoms with Crippen molar-refractivity contribution in [2.45, 2.75) is 32.7 Å². The molecule has 1 aromatic heterocycles. The number of benzene rings is 1. The molecule has 1 aliphatic heterocycles. The summed E-state index contributed by atoms with van der Waals surface area (Å²) in [6.45, 7) is 4.95. The van der Waals surface area contributed by atoms with Crippen molar-refractivity contribution in [1.82, 2.24) is 20.0 Å². The van der Waals surface area contributed by atoms with Gasteiger partial charge in [-0.25, -0.2) is 4.39 Å². The van der Waals surface area contributed by atoms with Crippen LogP contribution in [0.5, 0.6) is 0 Å². The Hall–Kier alpha value is -3.03. The first-order valence-corrected chi connectivity index (χ1v) is 9.31. The summed E-state index contributed by atoms with van der Waals surface area (Å²) in [6.07, 6.45) is 1.34. The fraction of sp³-hybridized carbons (Fsp3) is 0.400. The van der Waals surface area contributed by atoms with E-state index in [-0.39, 0.29) is 29.5 Å². The Morgan fingerprint density at radius 1 is 1.11 bits per heavy atom. The van der Waals surface area contributed by atoms with Crippen LogP contribution in [0.15, 0.2) is 41.2 Å². The molecule has 1 saturated heterocycles. The standard InChI is InChI=1S/C20H23FN4O3/c1-13(2)20(28)24-11-9-15(10-12-24)22-19(27)17-7-8-18(26)25(23-17)16-5-3-14(21)4-6-16/h3-8,13,15H,9-12H2,1-2H3,(H,22,27). The molecule has 1 fully saturated rings. The number of rotatable bonds is 4. The molecule has 2 amide bonds. The van der Waals surface area contributed by atoms with Crippen molar-refractivity contribution in [1.29, 1.82) is 0 Å². The zero-order chi connectivity index (χ0) is 20.3. The first kappa shape index (κ1) is 19.7. The smallest absolute Gasteiger partial charge is 0.271 e. The van der Waals surface area contributed by atoms with E-state index in [9.17, 15) is 18.8 Å². The largest absolute Gasteiger partial charge is 0.348 e. The molecule has 0 spiro atoms. The van der Waals surface area contributed by atoms with Crippen molar-refractivity contribution in [3.63, 3.8) is 0 Å². The van der Waals surface area contributed by atoms with Gasteiger partial charge < -0.3 is 10.2 Å². The van der Waals surface area contributed by atoms with Gasteiger partial charge in [0, 0.05) is 31.1 Å². The maximum Gasteiger partial charge on any atom is 0.271 e. The van der Waals surface area contributed by atoms with Gasteiger partial charge in [0.2, 0.25) is 5.91 Å². The molecule has 0 aliphatic carbocycles. The van der Waals surface area contributed by atoms with Crippen LogP contribution in [0, 0.1) is 11.7 Å². The van der Waals surface area contributed by atoms with Crippen LogP contribution in [0.25, 0.3) is 5.69 Å². The second-order valence-corrected chi connectivity index (χ2v) is 7.17. The van der Waals surface area contributed by atoms with Gasteiger partial charge in [0.05, 0.1) is 5.69 Å². The van der Waals surface area contributed by atoms with E-state index < -0.39 is 11.4 Å². The summed E-state index contributed by atoms with van der Waals surface area (Å²) in [4.78, 5) is 38.5. The third-order valence-electron chi connectivity index (χ3n) is 4.74. The minimum Gasteiger partial charge on any atom is -0.348 e. The summed E-state index contributed by atoms with van der Waals surface area (Å²) in [5.41, 5.74) is 0.0647. The molecule has 8 heteroatoms. The topological polar surface area (TPSA) is 84.3 Å². The number of carbonyl (C=O) groups excluding carboxylic acids is 2. The predicted octanol–water partition coefficient (Wildman–Crippen LogP) is 1.75. The number of nitrogens with one attached hydrogen (secondary N) is 1. The highest BCUT2D eigenvalue weighted by Gasteiger charge is 2.25. The van der Waals surface area contributed by atoms with Gasteiger partial charge in [-0.05, 0) is 43.2 Å². The highest BCUT2D eigenvalue weighted by atomic mass is 19.1. The van der Waals surface area contributed by atoms with E-state index >= 15 is 0 Å². The zero-order valence-electron chi connectivity index (χ0n) is 15.9. The van der Waals surface area contributed by atoms with Crippen molar-refractivity contribution in [2.24, 2.45) is 5.92 Å². The predicted molar refractivity (Wildman–Crippen MR) is 102 cm³/mol. The lowest BCUT2D eigenvalue weighted by Crippen LogP contribution is -2.47. The van der Waals surface area contributed by atoms with Crippen LogP contribution < -0.4 is 10.9 Å². The van der Waals surface area contributed by atoms with Crippen LogP contribution in [-0.2, 0) is 4.79 Å². The number of hydrogen-bond acceptors (Lipinski definition) is 4. The molecule has 0 bridgehead atoms. The quantitative estimate of drug-likeness (QED) is 0.868. The van der Waals surface area contributed by atoms with Crippen LogP contribution in [0.2, 0.25) is 0 Å². The summed E-state index contributed by atoms with van der Waals surface area (Å²) < 4.78 is 14.2. The number of carbonyl (C=O) groups is 2. The number of amides is 2. The van der Waals surface area contributed by atoms with E-state index in [0.29, 0.717) is 31.6 Å². The molecule has 7 nitrogen and oxygen atoms in total. The fourth-order valence-corrected chi connectivity index (χ4v) is 3.17. The van der Waals surface area contributed by atoms with E-state index in [1.54, 1.807) is 0 Å². The Kier molecular flexibility index (Phi) is 5.87. The van der Waals surface area contributed by atoms with Crippen LogP contribution in [0.3, 0.4) is 0 Å². The average Bonchev–Trinajstić information content (AvgIpc) is 2.69. The molecule has 0 atom stereocenters. The summed E-state index contributed by atoms with van der Waals surface area (Å²) in [7, 11) is 0. The van der Waals surface area contributed by atoms with Crippen molar-refractivity contribution in [3.8, 4) is 5.69 Å². The molecule has 2 aromatic rings. The number of piperidine rings is 1. The van der Waals surface area contributed by atoms with Crippen molar-refractivity contribution in [2.75, 3.05) is 13.1 Å². The lowest BCUT2D eigenvalue weighted by Gasteiger charge is -2.33. The Morgan fingerprint density at radius 2 is 1.75 bits per heavy atom. The zero-order valence-corrected chi connectivity index (χ0v) is 15.9.